The van der Waals surface area contributed by atoms with Gasteiger partial charge in [0, 0.05) is 19.6 Å². The van der Waals surface area contributed by atoms with E-state index in [1.54, 1.807) is 24.3 Å². The SMILES string of the molecule is O=C(CC[C@@H]1NC(=O)c2ccccc2NC1=O)NC[C@@H]1CCCO1. The van der Waals surface area contributed by atoms with Crippen molar-refractivity contribution in [2.24, 2.45) is 0 Å². The lowest BCUT2D eigenvalue weighted by Crippen LogP contribution is -2.42. The summed E-state index contributed by atoms with van der Waals surface area (Å²) in [5, 5.41) is 8.23. The first-order chi connectivity index (χ1) is 11.6. The van der Waals surface area contributed by atoms with Gasteiger partial charge in [0.1, 0.15) is 6.04 Å². The molecule has 3 amide bonds. The molecule has 3 rings (SSSR count). The van der Waals surface area contributed by atoms with E-state index >= 15 is 0 Å². The molecule has 1 aromatic rings. The summed E-state index contributed by atoms with van der Waals surface area (Å²) < 4.78 is 5.45. The number of anilines is 1. The summed E-state index contributed by atoms with van der Waals surface area (Å²) in [5.41, 5.74) is 0.918. The molecule has 24 heavy (non-hydrogen) atoms. The standard InChI is InChI=1S/C17H21N3O4/c21-15(18-10-11-4-3-9-24-11)8-7-14-17(23)19-13-6-2-1-5-12(13)16(22)20-14/h1-2,5-6,11,14H,3-4,7-10H2,(H,18,21)(H,19,23)(H,20,22)/t11-,14-/m0/s1. The Labute approximate surface area is 140 Å². The molecule has 7 nitrogen and oxygen atoms in total. The van der Waals surface area contributed by atoms with Crippen molar-refractivity contribution in [3.8, 4) is 0 Å². The van der Waals surface area contributed by atoms with E-state index in [1.807, 2.05) is 0 Å². The summed E-state index contributed by atoms with van der Waals surface area (Å²) in [7, 11) is 0. The monoisotopic (exact) mass is 331 g/mol. The van der Waals surface area contributed by atoms with Crippen LogP contribution in [0.25, 0.3) is 0 Å². The van der Waals surface area contributed by atoms with Crippen LogP contribution >= 0.6 is 0 Å². The lowest BCUT2D eigenvalue weighted by molar-refractivity contribution is -0.122. The molecule has 1 fully saturated rings. The maximum absolute atomic E-state index is 12.2. The number of amides is 3. The van der Waals surface area contributed by atoms with Gasteiger partial charge in [-0.2, -0.15) is 0 Å². The van der Waals surface area contributed by atoms with Gasteiger partial charge in [-0.05, 0) is 31.4 Å². The zero-order chi connectivity index (χ0) is 16.9. The van der Waals surface area contributed by atoms with Gasteiger partial charge in [-0.3, -0.25) is 14.4 Å². The van der Waals surface area contributed by atoms with E-state index in [2.05, 4.69) is 16.0 Å². The quantitative estimate of drug-likeness (QED) is 0.744. The Hall–Kier alpha value is -2.41. The number of benzene rings is 1. The number of carbonyl (C=O) groups excluding carboxylic acids is 3. The minimum Gasteiger partial charge on any atom is -0.376 e. The summed E-state index contributed by atoms with van der Waals surface area (Å²) >= 11 is 0. The van der Waals surface area contributed by atoms with E-state index < -0.39 is 6.04 Å². The zero-order valence-electron chi connectivity index (χ0n) is 13.3. The maximum atomic E-state index is 12.2. The molecule has 2 aliphatic rings. The second-order valence-electron chi connectivity index (χ2n) is 6.04. The predicted octanol–water partition coefficient (Wildman–Crippen LogP) is 0.812. The molecule has 0 bridgehead atoms. The number of hydrogen-bond acceptors (Lipinski definition) is 4. The molecule has 3 N–H and O–H groups in total. The van der Waals surface area contributed by atoms with E-state index in [4.69, 9.17) is 4.74 Å². The Morgan fingerprint density at radius 1 is 1.29 bits per heavy atom. The smallest absolute Gasteiger partial charge is 0.254 e. The third-order valence-electron chi connectivity index (χ3n) is 4.26. The average molecular weight is 331 g/mol. The number of fused-ring (bicyclic) bond motifs is 1. The molecule has 0 aromatic heterocycles. The Bertz CT molecular complexity index is 640. The van der Waals surface area contributed by atoms with Gasteiger partial charge in [0.15, 0.2) is 0 Å². The number of nitrogens with one attached hydrogen (secondary N) is 3. The minimum absolute atomic E-state index is 0.0873. The van der Waals surface area contributed by atoms with Crippen molar-refractivity contribution in [3.05, 3.63) is 29.8 Å². The van der Waals surface area contributed by atoms with E-state index in [-0.39, 0.29) is 36.7 Å². The second-order valence-corrected chi connectivity index (χ2v) is 6.04. The first-order valence-electron chi connectivity index (χ1n) is 8.22. The molecule has 0 saturated carbocycles. The minimum atomic E-state index is -0.724. The predicted molar refractivity (Wildman–Crippen MR) is 87.5 cm³/mol. The number of ether oxygens (including phenoxy) is 1. The maximum Gasteiger partial charge on any atom is 0.254 e. The highest BCUT2D eigenvalue weighted by atomic mass is 16.5. The average Bonchev–Trinajstić information content (AvgIpc) is 3.06. The van der Waals surface area contributed by atoms with Gasteiger partial charge in [-0.1, -0.05) is 12.1 Å². The molecular formula is C17H21N3O4. The zero-order valence-corrected chi connectivity index (χ0v) is 13.3. The third kappa shape index (κ3) is 3.91. The highest BCUT2D eigenvalue weighted by molar-refractivity contribution is 6.09. The molecule has 0 aliphatic carbocycles. The molecule has 0 radical (unpaired) electrons. The third-order valence-corrected chi connectivity index (χ3v) is 4.26. The van der Waals surface area contributed by atoms with Crippen LogP contribution in [-0.2, 0) is 14.3 Å². The summed E-state index contributed by atoms with van der Waals surface area (Å²) in [6, 6.07) is 6.11. The van der Waals surface area contributed by atoms with Gasteiger partial charge in [-0.25, -0.2) is 0 Å². The van der Waals surface area contributed by atoms with Crippen LogP contribution in [0.4, 0.5) is 5.69 Å². The normalized spacial score (nSPS) is 23.0. The van der Waals surface area contributed by atoms with E-state index in [0.717, 1.165) is 19.4 Å². The van der Waals surface area contributed by atoms with Crippen molar-refractivity contribution < 1.29 is 19.1 Å². The van der Waals surface area contributed by atoms with Crippen LogP contribution in [0.15, 0.2) is 24.3 Å². The Morgan fingerprint density at radius 3 is 2.92 bits per heavy atom. The van der Waals surface area contributed by atoms with Crippen LogP contribution in [0.1, 0.15) is 36.0 Å². The van der Waals surface area contributed by atoms with Crippen LogP contribution in [0.5, 0.6) is 0 Å². The van der Waals surface area contributed by atoms with E-state index in [9.17, 15) is 14.4 Å². The van der Waals surface area contributed by atoms with Crippen LogP contribution < -0.4 is 16.0 Å². The topological polar surface area (TPSA) is 96.5 Å². The molecule has 2 aliphatic heterocycles. The Kier molecular flexibility index (Phi) is 5.10. The molecule has 0 unspecified atom stereocenters. The lowest BCUT2D eigenvalue weighted by Gasteiger charge is -2.15. The van der Waals surface area contributed by atoms with Gasteiger partial charge < -0.3 is 20.7 Å². The number of para-hydroxylation sites is 1. The molecule has 7 heteroatoms. The Morgan fingerprint density at radius 2 is 2.12 bits per heavy atom. The van der Waals surface area contributed by atoms with Crippen LogP contribution in [0.2, 0.25) is 0 Å². The second kappa shape index (κ2) is 7.44. The molecule has 128 valence electrons. The van der Waals surface area contributed by atoms with Crippen molar-refractivity contribution in [2.45, 2.75) is 37.8 Å². The molecule has 2 heterocycles. The van der Waals surface area contributed by atoms with Gasteiger partial charge in [0.05, 0.1) is 17.4 Å². The fraction of sp³-hybridized carbons (Fsp3) is 0.471. The fourth-order valence-electron chi connectivity index (χ4n) is 2.91. The summed E-state index contributed by atoms with van der Waals surface area (Å²) in [5.74, 6) is -0.761. The van der Waals surface area contributed by atoms with Crippen molar-refractivity contribution in [2.75, 3.05) is 18.5 Å². The number of carbonyl (C=O) groups is 3. The summed E-state index contributed by atoms with van der Waals surface area (Å²) in [6.07, 6.45) is 2.49. The Balaban J connectivity index is 1.51. The fourth-order valence-corrected chi connectivity index (χ4v) is 2.91. The lowest BCUT2D eigenvalue weighted by atomic mass is 10.1. The first kappa shape index (κ1) is 16.4. The number of rotatable bonds is 5. The first-order valence-corrected chi connectivity index (χ1v) is 8.22. The molecule has 0 spiro atoms. The van der Waals surface area contributed by atoms with E-state index in [0.29, 0.717) is 17.8 Å². The van der Waals surface area contributed by atoms with Gasteiger partial charge in [0.25, 0.3) is 5.91 Å². The van der Waals surface area contributed by atoms with Gasteiger partial charge in [0.2, 0.25) is 11.8 Å². The highest BCUT2D eigenvalue weighted by Crippen LogP contribution is 2.19. The highest BCUT2D eigenvalue weighted by Gasteiger charge is 2.28. The molecule has 1 saturated heterocycles. The van der Waals surface area contributed by atoms with Crippen molar-refractivity contribution in [3.63, 3.8) is 0 Å². The van der Waals surface area contributed by atoms with Crippen molar-refractivity contribution in [1.29, 1.82) is 0 Å². The van der Waals surface area contributed by atoms with E-state index in [1.165, 1.54) is 0 Å². The summed E-state index contributed by atoms with van der Waals surface area (Å²) in [4.78, 5) is 36.3. The van der Waals surface area contributed by atoms with Crippen molar-refractivity contribution >= 4 is 23.4 Å². The van der Waals surface area contributed by atoms with Crippen LogP contribution in [-0.4, -0.2) is 43.0 Å². The van der Waals surface area contributed by atoms with Crippen molar-refractivity contribution in [1.82, 2.24) is 10.6 Å². The van der Waals surface area contributed by atoms with Crippen LogP contribution in [0.3, 0.4) is 0 Å². The van der Waals surface area contributed by atoms with Gasteiger partial charge >= 0.3 is 0 Å². The largest absolute Gasteiger partial charge is 0.376 e. The van der Waals surface area contributed by atoms with Crippen LogP contribution in [0, 0.1) is 0 Å². The summed E-state index contributed by atoms with van der Waals surface area (Å²) in [6.45, 7) is 1.24. The molecular weight excluding hydrogens is 310 g/mol. The molecule has 2 atom stereocenters. The van der Waals surface area contributed by atoms with Gasteiger partial charge in [-0.15, -0.1) is 0 Å². The molecule has 1 aromatic carbocycles. The number of hydrogen-bond donors (Lipinski definition) is 3.